The quantitative estimate of drug-likeness (QED) is 0.283. The van der Waals surface area contributed by atoms with E-state index in [1.54, 1.807) is 0 Å². The summed E-state index contributed by atoms with van der Waals surface area (Å²) in [5.41, 5.74) is 0. The summed E-state index contributed by atoms with van der Waals surface area (Å²) in [5, 5.41) is 36.3. The Labute approximate surface area is 83.7 Å². The lowest BCUT2D eigenvalue weighted by Gasteiger charge is -2.22. The van der Waals surface area contributed by atoms with Crippen LogP contribution in [0.4, 0.5) is 0 Å². The van der Waals surface area contributed by atoms with Gasteiger partial charge in [-0.25, -0.2) is 4.57 Å². The van der Waals surface area contributed by atoms with Gasteiger partial charge in [0.15, 0.2) is 0 Å². The van der Waals surface area contributed by atoms with Crippen LogP contribution in [-0.4, -0.2) is 61.1 Å². The topological polar surface area (TPSA) is 157 Å². The molecule has 9 nitrogen and oxygen atoms in total. The van der Waals surface area contributed by atoms with Crippen LogP contribution >= 0.6 is 7.82 Å². The molecule has 6 N–H and O–H groups in total. The van der Waals surface area contributed by atoms with E-state index in [0.717, 1.165) is 0 Å². The molecule has 1 rings (SSSR count). The number of aliphatic hydroxyl groups excluding tert-OH is 3. The molecule has 2 unspecified atom stereocenters. The largest absolute Gasteiger partial charge is 0.472 e. The van der Waals surface area contributed by atoms with Gasteiger partial charge in [-0.15, -0.1) is 0 Å². The molecule has 1 fully saturated rings. The van der Waals surface area contributed by atoms with Gasteiger partial charge in [-0.3, -0.25) is 4.52 Å². The Balaban J connectivity index is 2.76. The first-order valence-electron chi connectivity index (χ1n) is 3.81. The second-order valence-corrected chi connectivity index (χ2v) is 4.21. The first kappa shape index (κ1) is 13.0. The second kappa shape index (κ2) is 4.06. The average Bonchev–Trinajstić information content (AvgIpc) is 2.29. The maximum Gasteiger partial charge on any atom is 0.472 e. The van der Waals surface area contributed by atoms with E-state index in [-0.39, 0.29) is 0 Å². The molecule has 0 saturated carbocycles. The summed E-state index contributed by atoms with van der Waals surface area (Å²) in [4.78, 5) is 16.8. The number of hydrogen-bond donors (Lipinski definition) is 6. The van der Waals surface area contributed by atoms with E-state index in [9.17, 15) is 14.8 Å². The van der Waals surface area contributed by atoms with Crippen molar-refractivity contribution in [1.29, 1.82) is 0 Å². The highest BCUT2D eigenvalue weighted by atomic mass is 31.2. The third kappa shape index (κ3) is 2.72. The normalized spacial score (nSPS) is 42.1. The van der Waals surface area contributed by atoms with E-state index in [1.807, 2.05) is 0 Å². The van der Waals surface area contributed by atoms with Crippen molar-refractivity contribution in [2.24, 2.45) is 0 Å². The zero-order chi connectivity index (χ0) is 11.9. The van der Waals surface area contributed by atoms with Crippen molar-refractivity contribution in [2.75, 3.05) is 6.61 Å². The van der Waals surface area contributed by atoms with Crippen LogP contribution in [0.15, 0.2) is 0 Å². The van der Waals surface area contributed by atoms with E-state index in [0.29, 0.717) is 0 Å². The summed E-state index contributed by atoms with van der Waals surface area (Å²) >= 11 is 0. The van der Waals surface area contributed by atoms with Crippen LogP contribution in [0.2, 0.25) is 0 Å². The minimum absolute atomic E-state index is 1.06. The van der Waals surface area contributed by atoms with Crippen LogP contribution in [0.25, 0.3) is 0 Å². The van der Waals surface area contributed by atoms with Gasteiger partial charge in [0.1, 0.15) is 12.2 Å². The smallest absolute Gasteiger partial charge is 0.391 e. The number of rotatable bonds is 3. The molecule has 1 heterocycles. The van der Waals surface area contributed by atoms with Gasteiger partial charge < -0.3 is 34.9 Å². The lowest BCUT2D eigenvalue weighted by molar-refractivity contribution is -0.268. The Hall–Kier alpha value is -0.0900. The highest BCUT2D eigenvalue weighted by Gasteiger charge is 2.55. The third-order valence-corrected chi connectivity index (χ3v) is 2.33. The molecule has 15 heavy (non-hydrogen) atoms. The minimum atomic E-state index is -4.93. The van der Waals surface area contributed by atoms with Gasteiger partial charge in [-0.05, 0) is 0 Å². The second-order valence-electron chi connectivity index (χ2n) is 3.02. The molecule has 4 atom stereocenters. The molecular formula is C5H11O9P. The molecule has 10 heteroatoms. The molecular weight excluding hydrogens is 235 g/mol. The minimum Gasteiger partial charge on any atom is -0.391 e. The van der Waals surface area contributed by atoms with E-state index in [4.69, 9.17) is 20.0 Å². The maximum absolute atomic E-state index is 10.4. The zero-order valence-electron chi connectivity index (χ0n) is 7.29. The summed E-state index contributed by atoms with van der Waals surface area (Å²) in [7, 11) is -4.93. The van der Waals surface area contributed by atoms with Crippen LogP contribution < -0.4 is 0 Å². The van der Waals surface area contributed by atoms with Crippen LogP contribution in [-0.2, 0) is 13.8 Å². The van der Waals surface area contributed by atoms with Crippen molar-refractivity contribution in [1.82, 2.24) is 0 Å². The van der Waals surface area contributed by atoms with Gasteiger partial charge >= 0.3 is 7.82 Å². The summed E-state index contributed by atoms with van der Waals surface area (Å²) < 4.78 is 18.7. The van der Waals surface area contributed by atoms with Gasteiger partial charge in [-0.1, -0.05) is 0 Å². The molecule has 0 aliphatic carbocycles. The molecule has 90 valence electrons. The fourth-order valence-corrected chi connectivity index (χ4v) is 1.54. The molecule has 0 aromatic rings. The summed E-state index contributed by atoms with van der Waals surface area (Å²) in [6.07, 6.45) is -5.73. The monoisotopic (exact) mass is 246 g/mol. The molecule has 1 aliphatic rings. The van der Waals surface area contributed by atoms with E-state index in [2.05, 4.69) is 9.26 Å². The molecule has 0 aromatic heterocycles. The van der Waals surface area contributed by atoms with Crippen molar-refractivity contribution in [3.8, 4) is 0 Å². The first-order chi connectivity index (χ1) is 6.69. The Kier molecular flexibility index (Phi) is 3.51. The highest BCUT2D eigenvalue weighted by Crippen LogP contribution is 2.42. The molecule has 0 spiro atoms. The van der Waals surface area contributed by atoms with Crippen LogP contribution in [0.1, 0.15) is 0 Å². The fourth-order valence-electron chi connectivity index (χ4n) is 1.11. The van der Waals surface area contributed by atoms with Crippen LogP contribution in [0, 0.1) is 0 Å². The summed E-state index contributed by atoms with van der Waals surface area (Å²) in [6.45, 7) is -1.06. The van der Waals surface area contributed by atoms with Crippen molar-refractivity contribution < 1.29 is 44.0 Å². The predicted molar refractivity (Wildman–Crippen MR) is 42.1 cm³/mol. The maximum atomic E-state index is 10.4. The third-order valence-electron chi connectivity index (χ3n) is 1.85. The first-order valence-corrected chi connectivity index (χ1v) is 5.34. The molecule has 0 bridgehead atoms. The van der Waals surface area contributed by atoms with Gasteiger partial charge in [0.05, 0.1) is 6.61 Å². The van der Waals surface area contributed by atoms with Crippen LogP contribution in [0.3, 0.4) is 0 Å². The number of aliphatic hydroxyl groups is 4. The number of phosphoric acid groups is 1. The Bertz CT molecular complexity index is 276. The van der Waals surface area contributed by atoms with Crippen molar-refractivity contribution >= 4 is 7.82 Å². The summed E-state index contributed by atoms with van der Waals surface area (Å²) in [5.74, 6) is -2.50. The molecule has 0 aromatic carbocycles. The molecule has 0 radical (unpaired) electrons. The highest BCUT2D eigenvalue weighted by molar-refractivity contribution is 7.46. The zero-order valence-corrected chi connectivity index (χ0v) is 8.19. The van der Waals surface area contributed by atoms with E-state index < -0.39 is 38.7 Å². The van der Waals surface area contributed by atoms with E-state index in [1.165, 1.54) is 0 Å². The molecule has 1 saturated heterocycles. The number of ether oxygens (including phenoxy) is 1. The fraction of sp³-hybridized carbons (Fsp3) is 1.00. The SMILES string of the molecule is O=P(O)(O)OC1OC(O)(CO)[C@H](O)[C@@H]1O. The molecule has 0 amide bonds. The van der Waals surface area contributed by atoms with Gasteiger partial charge in [-0.2, -0.15) is 0 Å². The van der Waals surface area contributed by atoms with Gasteiger partial charge in [0, 0.05) is 0 Å². The van der Waals surface area contributed by atoms with Gasteiger partial charge in [0.25, 0.3) is 0 Å². The number of hydrogen-bond acceptors (Lipinski definition) is 7. The Morgan fingerprint density at radius 2 is 1.93 bits per heavy atom. The predicted octanol–water partition coefficient (Wildman–Crippen LogP) is -3.15. The van der Waals surface area contributed by atoms with Crippen molar-refractivity contribution in [3.63, 3.8) is 0 Å². The van der Waals surface area contributed by atoms with Crippen molar-refractivity contribution in [3.05, 3.63) is 0 Å². The standard InChI is InChI=1S/C5H11O9P/c6-1-5(9)3(8)2(7)4(13-5)14-15(10,11)12/h2-4,6-9H,1H2,(H2,10,11,12)/t2-,3+,4?,5?/m0/s1. The van der Waals surface area contributed by atoms with Crippen LogP contribution in [0.5, 0.6) is 0 Å². The van der Waals surface area contributed by atoms with Crippen molar-refractivity contribution in [2.45, 2.75) is 24.3 Å². The van der Waals surface area contributed by atoms with Gasteiger partial charge in [0.2, 0.25) is 12.1 Å². The van der Waals surface area contributed by atoms with E-state index >= 15 is 0 Å². The Morgan fingerprint density at radius 1 is 1.40 bits per heavy atom. The Morgan fingerprint density at radius 3 is 2.27 bits per heavy atom. The average molecular weight is 246 g/mol. The molecule has 1 aliphatic heterocycles. The number of phosphoric ester groups is 1. The lowest BCUT2D eigenvalue weighted by Crippen LogP contribution is -2.46. The lowest BCUT2D eigenvalue weighted by atomic mass is 10.1. The summed E-state index contributed by atoms with van der Waals surface area (Å²) in [6, 6.07) is 0.